The smallest absolute Gasteiger partial charge is 0.261 e. The van der Waals surface area contributed by atoms with Crippen molar-refractivity contribution >= 4 is 23.2 Å². The predicted octanol–water partition coefficient (Wildman–Crippen LogP) is 3.85. The Balaban J connectivity index is 1.25. The summed E-state index contributed by atoms with van der Waals surface area (Å²) in [5, 5.41) is 5.99. The van der Waals surface area contributed by atoms with Crippen LogP contribution in [0.25, 0.3) is 10.6 Å². The van der Waals surface area contributed by atoms with Crippen LogP contribution in [0.5, 0.6) is 5.75 Å². The number of benzene rings is 2. The molecule has 0 radical (unpaired) electrons. The van der Waals surface area contributed by atoms with Crippen LogP contribution < -0.4 is 10.1 Å². The number of ether oxygens (including phenoxy) is 1. The molecule has 1 aromatic heterocycles. The zero-order valence-electron chi connectivity index (χ0n) is 18.1. The van der Waals surface area contributed by atoms with Crippen LogP contribution in [0.1, 0.15) is 24.1 Å². The van der Waals surface area contributed by atoms with Gasteiger partial charge in [-0.3, -0.25) is 9.59 Å². The Morgan fingerprint density at radius 1 is 1.19 bits per heavy atom. The van der Waals surface area contributed by atoms with E-state index in [1.54, 1.807) is 16.2 Å². The van der Waals surface area contributed by atoms with Gasteiger partial charge in [0.05, 0.1) is 5.69 Å². The molecule has 1 unspecified atom stereocenters. The molecule has 0 bridgehead atoms. The van der Waals surface area contributed by atoms with Gasteiger partial charge in [0.25, 0.3) is 5.91 Å². The molecule has 0 spiro atoms. The second kappa shape index (κ2) is 10.4. The highest BCUT2D eigenvalue weighted by molar-refractivity contribution is 7.13. The van der Waals surface area contributed by atoms with Crippen LogP contribution in [0.15, 0.2) is 60.0 Å². The fraction of sp³-hybridized carbons (Fsp3) is 0.320. The standard InChI is InChI=1S/C25H27N3O3S/c1-18-7-5-10-21(15-18)31-16-23(29)28-14-6-11-22(28)24(30)26-13-12-20-17-32-25(27-20)19-8-3-2-4-9-19/h2-5,7-10,15,17,22H,6,11-14,16H2,1H3,(H,26,30). The molecule has 2 aromatic carbocycles. The van der Waals surface area contributed by atoms with Crippen molar-refractivity contribution in [2.45, 2.75) is 32.2 Å². The van der Waals surface area contributed by atoms with Gasteiger partial charge >= 0.3 is 0 Å². The van der Waals surface area contributed by atoms with Crippen molar-refractivity contribution < 1.29 is 14.3 Å². The molecule has 3 aromatic rings. The van der Waals surface area contributed by atoms with Crippen LogP contribution in [0.4, 0.5) is 0 Å². The van der Waals surface area contributed by atoms with Gasteiger partial charge in [-0.25, -0.2) is 4.98 Å². The summed E-state index contributed by atoms with van der Waals surface area (Å²) in [6.07, 6.45) is 2.16. The fourth-order valence-corrected chi connectivity index (χ4v) is 4.70. The Kier molecular flexibility index (Phi) is 7.17. The lowest BCUT2D eigenvalue weighted by Gasteiger charge is -2.24. The normalized spacial score (nSPS) is 15.5. The van der Waals surface area contributed by atoms with Crippen LogP contribution in [-0.4, -0.2) is 47.4 Å². The van der Waals surface area contributed by atoms with Gasteiger partial charge in [0.1, 0.15) is 16.8 Å². The molecule has 1 atom stereocenters. The predicted molar refractivity (Wildman–Crippen MR) is 126 cm³/mol. The molecule has 7 heteroatoms. The maximum atomic E-state index is 12.7. The minimum absolute atomic E-state index is 0.0612. The number of likely N-dealkylation sites (tertiary alicyclic amines) is 1. The molecule has 166 valence electrons. The number of aryl methyl sites for hydroxylation is 1. The summed E-state index contributed by atoms with van der Waals surface area (Å²) < 4.78 is 5.64. The summed E-state index contributed by atoms with van der Waals surface area (Å²) in [6.45, 7) is 2.99. The monoisotopic (exact) mass is 449 g/mol. The molecule has 6 nitrogen and oxygen atoms in total. The van der Waals surface area contributed by atoms with Crippen molar-refractivity contribution in [1.29, 1.82) is 0 Å². The Hall–Kier alpha value is -3.19. The second-order valence-electron chi connectivity index (χ2n) is 7.90. The molecule has 1 saturated heterocycles. The molecular formula is C25H27N3O3S. The van der Waals surface area contributed by atoms with Gasteiger partial charge in [-0.15, -0.1) is 11.3 Å². The SMILES string of the molecule is Cc1cccc(OCC(=O)N2CCCC2C(=O)NCCc2csc(-c3ccccc3)n2)c1. The molecule has 1 fully saturated rings. The number of hydrogen-bond donors (Lipinski definition) is 1. The third kappa shape index (κ3) is 5.53. The van der Waals surface area contributed by atoms with E-state index in [-0.39, 0.29) is 18.4 Å². The first kappa shape index (κ1) is 22.0. The number of nitrogens with one attached hydrogen (secondary N) is 1. The molecule has 1 N–H and O–H groups in total. The van der Waals surface area contributed by atoms with Gasteiger partial charge < -0.3 is 15.0 Å². The highest BCUT2D eigenvalue weighted by atomic mass is 32.1. The topological polar surface area (TPSA) is 71.5 Å². The van der Waals surface area contributed by atoms with Crippen molar-refractivity contribution in [1.82, 2.24) is 15.2 Å². The molecule has 2 amide bonds. The van der Waals surface area contributed by atoms with Gasteiger partial charge in [0, 0.05) is 30.5 Å². The van der Waals surface area contributed by atoms with E-state index in [0.717, 1.165) is 28.2 Å². The molecule has 4 rings (SSSR count). The summed E-state index contributed by atoms with van der Waals surface area (Å²) in [5.74, 6) is 0.401. The van der Waals surface area contributed by atoms with E-state index in [9.17, 15) is 9.59 Å². The van der Waals surface area contributed by atoms with Gasteiger partial charge in [0.2, 0.25) is 5.91 Å². The van der Waals surface area contributed by atoms with Crippen molar-refractivity contribution in [2.24, 2.45) is 0 Å². The van der Waals surface area contributed by atoms with E-state index in [1.165, 1.54) is 0 Å². The summed E-state index contributed by atoms with van der Waals surface area (Å²) in [6, 6.07) is 17.2. The lowest BCUT2D eigenvalue weighted by molar-refractivity contribution is -0.139. The Bertz CT molecular complexity index is 1070. The van der Waals surface area contributed by atoms with E-state index in [4.69, 9.17) is 4.74 Å². The first-order valence-electron chi connectivity index (χ1n) is 10.9. The third-order valence-electron chi connectivity index (χ3n) is 5.48. The van der Waals surface area contributed by atoms with E-state index < -0.39 is 6.04 Å². The minimum Gasteiger partial charge on any atom is -0.484 e. The summed E-state index contributed by atoms with van der Waals surface area (Å²) in [7, 11) is 0. The Morgan fingerprint density at radius 2 is 2.03 bits per heavy atom. The molecule has 32 heavy (non-hydrogen) atoms. The molecule has 0 aliphatic carbocycles. The largest absolute Gasteiger partial charge is 0.484 e. The number of hydrogen-bond acceptors (Lipinski definition) is 5. The maximum Gasteiger partial charge on any atom is 0.261 e. The third-order valence-corrected chi connectivity index (χ3v) is 6.42. The highest BCUT2D eigenvalue weighted by Gasteiger charge is 2.34. The lowest BCUT2D eigenvalue weighted by atomic mass is 10.2. The van der Waals surface area contributed by atoms with Crippen LogP contribution in [0, 0.1) is 6.92 Å². The number of aromatic nitrogens is 1. The zero-order chi connectivity index (χ0) is 22.3. The number of carbonyl (C=O) groups excluding carboxylic acids is 2. The van der Waals surface area contributed by atoms with E-state index in [0.29, 0.717) is 31.7 Å². The summed E-state index contributed by atoms with van der Waals surface area (Å²) >= 11 is 1.60. The number of carbonyl (C=O) groups is 2. The Morgan fingerprint density at radius 3 is 2.84 bits per heavy atom. The zero-order valence-corrected chi connectivity index (χ0v) is 18.9. The quantitative estimate of drug-likeness (QED) is 0.567. The van der Waals surface area contributed by atoms with Crippen molar-refractivity contribution in [3.05, 3.63) is 71.2 Å². The van der Waals surface area contributed by atoms with Crippen LogP contribution in [0.3, 0.4) is 0 Å². The first-order chi connectivity index (χ1) is 15.6. The fourth-order valence-electron chi connectivity index (χ4n) is 3.84. The van der Waals surface area contributed by atoms with Gasteiger partial charge in [0.15, 0.2) is 6.61 Å². The maximum absolute atomic E-state index is 12.7. The van der Waals surface area contributed by atoms with Gasteiger partial charge in [-0.1, -0.05) is 42.5 Å². The molecule has 1 aliphatic heterocycles. The average Bonchev–Trinajstić information content (AvgIpc) is 3.48. The van der Waals surface area contributed by atoms with E-state index >= 15 is 0 Å². The van der Waals surface area contributed by atoms with Gasteiger partial charge in [-0.2, -0.15) is 0 Å². The lowest BCUT2D eigenvalue weighted by Crippen LogP contribution is -2.47. The molecular weight excluding hydrogens is 422 g/mol. The molecule has 1 aliphatic rings. The number of rotatable bonds is 8. The summed E-state index contributed by atoms with van der Waals surface area (Å²) in [4.78, 5) is 31.7. The second-order valence-corrected chi connectivity index (χ2v) is 8.76. The number of thiazole rings is 1. The number of amides is 2. The highest BCUT2D eigenvalue weighted by Crippen LogP contribution is 2.23. The van der Waals surface area contributed by atoms with Crippen molar-refractivity contribution in [3.63, 3.8) is 0 Å². The average molecular weight is 450 g/mol. The molecule has 0 saturated carbocycles. The first-order valence-corrected chi connectivity index (χ1v) is 11.7. The van der Waals surface area contributed by atoms with E-state index in [2.05, 4.69) is 10.3 Å². The van der Waals surface area contributed by atoms with Gasteiger partial charge in [-0.05, 0) is 37.5 Å². The minimum atomic E-state index is -0.432. The molecule has 2 heterocycles. The van der Waals surface area contributed by atoms with Crippen LogP contribution in [-0.2, 0) is 16.0 Å². The van der Waals surface area contributed by atoms with E-state index in [1.807, 2.05) is 66.9 Å². The van der Waals surface area contributed by atoms with Crippen molar-refractivity contribution in [3.8, 4) is 16.3 Å². The number of nitrogens with zero attached hydrogens (tertiary/aromatic N) is 2. The summed E-state index contributed by atoms with van der Waals surface area (Å²) in [5.41, 5.74) is 3.13. The van der Waals surface area contributed by atoms with Crippen molar-refractivity contribution in [2.75, 3.05) is 19.7 Å². The Labute approximate surface area is 192 Å². The van der Waals surface area contributed by atoms with Crippen LogP contribution >= 0.6 is 11.3 Å². The van der Waals surface area contributed by atoms with Crippen LogP contribution in [0.2, 0.25) is 0 Å².